The maximum atomic E-state index is 10.9. The molecule has 1 atom stereocenters. The molecule has 2 heterocycles. The molecule has 5 heteroatoms. The summed E-state index contributed by atoms with van der Waals surface area (Å²) in [7, 11) is 0. The third-order valence-corrected chi connectivity index (χ3v) is 4.22. The predicted molar refractivity (Wildman–Crippen MR) is 84.0 cm³/mol. The average Bonchev–Trinajstić information content (AvgIpc) is 2.95. The maximum Gasteiger partial charge on any atom is 0.335 e. The Hall–Kier alpha value is -2.14. The normalized spacial score (nSPS) is 19.2. The molecule has 0 spiro atoms. The standard InChI is InChI=1S/C17H21N3O2/c1-12-9-18-16(19-12)15-3-2-8-20(11-15)10-13-4-6-14(7-5-13)17(21)22/h4-7,9,15H,2-3,8,10-11H2,1H3,(H,18,19)(H,21,22)/t15-/m1/s1. The number of aryl methyl sites for hydroxylation is 1. The zero-order chi connectivity index (χ0) is 15.5. The van der Waals surface area contributed by atoms with Crippen molar-refractivity contribution >= 4 is 5.97 Å². The van der Waals surface area contributed by atoms with E-state index in [4.69, 9.17) is 5.11 Å². The van der Waals surface area contributed by atoms with Crippen LogP contribution in [-0.2, 0) is 6.54 Å². The molecule has 1 aromatic heterocycles. The summed E-state index contributed by atoms with van der Waals surface area (Å²) in [5.41, 5.74) is 2.60. The largest absolute Gasteiger partial charge is 0.478 e. The van der Waals surface area contributed by atoms with E-state index in [9.17, 15) is 4.79 Å². The molecular formula is C17H21N3O2. The third kappa shape index (κ3) is 3.36. The summed E-state index contributed by atoms with van der Waals surface area (Å²) in [6, 6.07) is 7.16. The highest BCUT2D eigenvalue weighted by atomic mass is 16.4. The van der Waals surface area contributed by atoms with E-state index in [-0.39, 0.29) is 0 Å². The van der Waals surface area contributed by atoms with Crippen molar-refractivity contribution in [3.8, 4) is 0 Å². The van der Waals surface area contributed by atoms with E-state index >= 15 is 0 Å². The number of aromatic carboxylic acids is 1. The fourth-order valence-corrected chi connectivity index (χ4v) is 3.07. The van der Waals surface area contributed by atoms with Crippen LogP contribution in [0.15, 0.2) is 30.5 Å². The number of hydrogen-bond donors (Lipinski definition) is 2. The Morgan fingerprint density at radius 1 is 1.41 bits per heavy atom. The zero-order valence-electron chi connectivity index (χ0n) is 12.7. The lowest BCUT2D eigenvalue weighted by Gasteiger charge is -2.31. The molecule has 1 aliphatic rings. The first-order valence-electron chi connectivity index (χ1n) is 7.68. The predicted octanol–water partition coefficient (Wildman–Crippen LogP) is 2.80. The maximum absolute atomic E-state index is 10.9. The molecule has 1 fully saturated rings. The van der Waals surface area contributed by atoms with Crippen molar-refractivity contribution in [3.05, 3.63) is 53.1 Å². The van der Waals surface area contributed by atoms with Crippen molar-refractivity contribution < 1.29 is 9.90 Å². The monoisotopic (exact) mass is 299 g/mol. The number of carboxylic acid groups (broad SMARTS) is 1. The van der Waals surface area contributed by atoms with Gasteiger partial charge in [-0.25, -0.2) is 9.78 Å². The molecule has 1 saturated heterocycles. The van der Waals surface area contributed by atoms with E-state index in [1.54, 1.807) is 12.1 Å². The van der Waals surface area contributed by atoms with E-state index in [0.29, 0.717) is 11.5 Å². The summed E-state index contributed by atoms with van der Waals surface area (Å²) in [5.74, 6) is 0.668. The van der Waals surface area contributed by atoms with Crippen molar-refractivity contribution in [2.75, 3.05) is 13.1 Å². The van der Waals surface area contributed by atoms with Crippen LogP contribution in [0.4, 0.5) is 0 Å². The van der Waals surface area contributed by atoms with Crippen molar-refractivity contribution in [2.24, 2.45) is 0 Å². The minimum absolute atomic E-state index is 0.339. The number of piperidine rings is 1. The van der Waals surface area contributed by atoms with Gasteiger partial charge in [0.1, 0.15) is 5.82 Å². The van der Waals surface area contributed by atoms with E-state index in [0.717, 1.165) is 43.1 Å². The zero-order valence-corrected chi connectivity index (χ0v) is 12.7. The minimum Gasteiger partial charge on any atom is -0.478 e. The van der Waals surface area contributed by atoms with Gasteiger partial charge in [0, 0.05) is 30.9 Å². The molecule has 0 amide bonds. The minimum atomic E-state index is -0.877. The fourth-order valence-electron chi connectivity index (χ4n) is 3.07. The summed E-state index contributed by atoms with van der Waals surface area (Å²) in [6.07, 6.45) is 4.22. The second-order valence-corrected chi connectivity index (χ2v) is 6.03. The number of benzene rings is 1. The SMILES string of the molecule is Cc1cnc([C@@H]2CCCN(Cc3ccc(C(=O)O)cc3)C2)[nH]1. The van der Waals surface area contributed by atoms with Gasteiger partial charge in [-0.15, -0.1) is 0 Å². The van der Waals surface area contributed by atoms with Crippen LogP contribution < -0.4 is 0 Å². The van der Waals surface area contributed by atoms with E-state index in [2.05, 4.69) is 14.9 Å². The lowest BCUT2D eigenvalue weighted by molar-refractivity contribution is 0.0697. The Morgan fingerprint density at radius 3 is 2.82 bits per heavy atom. The Bertz CT molecular complexity index is 648. The number of carbonyl (C=O) groups is 1. The molecule has 116 valence electrons. The van der Waals surface area contributed by atoms with Gasteiger partial charge in [0.15, 0.2) is 0 Å². The molecule has 0 radical (unpaired) electrons. The molecule has 1 aromatic carbocycles. The second-order valence-electron chi connectivity index (χ2n) is 6.03. The summed E-state index contributed by atoms with van der Waals surface area (Å²) in [5, 5.41) is 8.94. The van der Waals surface area contributed by atoms with Crippen molar-refractivity contribution in [1.29, 1.82) is 0 Å². The number of likely N-dealkylation sites (tertiary alicyclic amines) is 1. The topological polar surface area (TPSA) is 69.2 Å². The highest BCUT2D eigenvalue weighted by Gasteiger charge is 2.23. The summed E-state index contributed by atoms with van der Waals surface area (Å²) < 4.78 is 0. The van der Waals surface area contributed by atoms with Crippen LogP contribution in [0, 0.1) is 6.92 Å². The van der Waals surface area contributed by atoms with E-state index in [1.807, 2.05) is 25.3 Å². The van der Waals surface area contributed by atoms with Crippen molar-refractivity contribution in [2.45, 2.75) is 32.2 Å². The molecular weight excluding hydrogens is 278 g/mol. The quantitative estimate of drug-likeness (QED) is 0.911. The van der Waals surface area contributed by atoms with Gasteiger partial charge < -0.3 is 10.1 Å². The molecule has 22 heavy (non-hydrogen) atoms. The average molecular weight is 299 g/mol. The van der Waals surface area contributed by atoms with Crippen LogP contribution in [0.5, 0.6) is 0 Å². The third-order valence-electron chi connectivity index (χ3n) is 4.22. The Morgan fingerprint density at radius 2 is 2.18 bits per heavy atom. The first-order valence-corrected chi connectivity index (χ1v) is 7.68. The molecule has 5 nitrogen and oxygen atoms in total. The number of aromatic amines is 1. The molecule has 0 bridgehead atoms. The fraction of sp³-hybridized carbons (Fsp3) is 0.412. The first-order chi connectivity index (χ1) is 10.6. The lowest BCUT2D eigenvalue weighted by Crippen LogP contribution is -2.34. The molecule has 2 aromatic rings. The van der Waals surface area contributed by atoms with Gasteiger partial charge >= 0.3 is 5.97 Å². The Kier molecular flexibility index (Phi) is 4.24. The second kappa shape index (κ2) is 6.32. The highest BCUT2D eigenvalue weighted by molar-refractivity contribution is 5.87. The number of nitrogens with one attached hydrogen (secondary N) is 1. The number of nitrogens with zero attached hydrogens (tertiary/aromatic N) is 2. The van der Waals surface area contributed by atoms with Crippen molar-refractivity contribution in [3.63, 3.8) is 0 Å². The van der Waals surface area contributed by atoms with Crippen LogP contribution in [-0.4, -0.2) is 39.0 Å². The van der Waals surface area contributed by atoms with Gasteiger partial charge in [-0.3, -0.25) is 4.90 Å². The van der Waals surface area contributed by atoms with E-state index in [1.165, 1.54) is 6.42 Å². The summed E-state index contributed by atoms with van der Waals surface area (Å²) in [6.45, 7) is 4.96. The lowest BCUT2D eigenvalue weighted by atomic mass is 9.97. The molecule has 3 rings (SSSR count). The molecule has 1 aliphatic heterocycles. The Balaban J connectivity index is 1.63. The van der Waals surface area contributed by atoms with Gasteiger partial charge in [-0.1, -0.05) is 12.1 Å². The van der Waals surface area contributed by atoms with Crippen molar-refractivity contribution in [1.82, 2.24) is 14.9 Å². The van der Waals surface area contributed by atoms with Crippen LogP contribution in [0.3, 0.4) is 0 Å². The molecule has 2 N–H and O–H groups in total. The van der Waals surface area contributed by atoms with Crippen LogP contribution in [0.2, 0.25) is 0 Å². The van der Waals surface area contributed by atoms with E-state index < -0.39 is 5.97 Å². The van der Waals surface area contributed by atoms with Gasteiger partial charge in [-0.2, -0.15) is 0 Å². The Labute approximate surface area is 130 Å². The number of carboxylic acids is 1. The van der Waals surface area contributed by atoms with Crippen LogP contribution >= 0.6 is 0 Å². The first kappa shape index (κ1) is 14.8. The number of hydrogen-bond acceptors (Lipinski definition) is 3. The number of rotatable bonds is 4. The molecule has 0 saturated carbocycles. The van der Waals surface area contributed by atoms with Gasteiger partial charge in [-0.05, 0) is 44.0 Å². The molecule has 0 unspecified atom stereocenters. The molecule has 0 aliphatic carbocycles. The smallest absolute Gasteiger partial charge is 0.335 e. The van der Waals surface area contributed by atoms with Gasteiger partial charge in [0.05, 0.1) is 5.56 Å². The van der Waals surface area contributed by atoms with Crippen LogP contribution in [0.1, 0.15) is 46.2 Å². The summed E-state index contributed by atoms with van der Waals surface area (Å²) in [4.78, 5) is 21.1. The number of aromatic nitrogens is 2. The summed E-state index contributed by atoms with van der Waals surface area (Å²) >= 11 is 0. The number of H-pyrrole nitrogens is 1. The van der Waals surface area contributed by atoms with Gasteiger partial charge in [0.25, 0.3) is 0 Å². The number of imidazole rings is 1. The highest BCUT2D eigenvalue weighted by Crippen LogP contribution is 2.25. The van der Waals surface area contributed by atoms with Gasteiger partial charge in [0.2, 0.25) is 0 Å². The van der Waals surface area contributed by atoms with Crippen LogP contribution in [0.25, 0.3) is 0 Å².